The molecule has 4 heteroatoms. The average molecular weight is 308 g/mol. The number of nitrogens with one attached hydrogen (secondary N) is 1. The summed E-state index contributed by atoms with van der Waals surface area (Å²) in [5, 5.41) is 3.55. The topological polar surface area (TPSA) is 21.3 Å². The zero-order chi connectivity index (χ0) is 15.4. The Hall–Kier alpha value is -1.58. The Morgan fingerprint density at radius 3 is 2.57 bits per heavy atom. The van der Waals surface area contributed by atoms with Crippen LogP contribution < -0.4 is 10.1 Å². The van der Waals surface area contributed by atoms with E-state index in [-0.39, 0.29) is 11.9 Å². The molecule has 0 bridgehead atoms. The number of hydrogen-bond donors (Lipinski definition) is 1. The van der Waals surface area contributed by atoms with Crippen molar-refractivity contribution < 1.29 is 9.13 Å². The van der Waals surface area contributed by atoms with E-state index >= 15 is 0 Å². The third kappa shape index (κ3) is 3.55. The van der Waals surface area contributed by atoms with Crippen molar-refractivity contribution in [1.29, 1.82) is 0 Å². The van der Waals surface area contributed by atoms with Gasteiger partial charge in [-0.3, -0.25) is 0 Å². The molecule has 0 aliphatic carbocycles. The first-order valence-electron chi connectivity index (χ1n) is 6.92. The largest absolute Gasteiger partial charge is 0.494 e. The van der Waals surface area contributed by atoms with Gasteiger partial charge in [-0.1, -0.05) is 35.4 Å². The molecule has 112 valence electrons. The van der Waals surface area contributed by atoms with Gasteiger partial charge in [0.25, 0.3) is 0 Å². The maximum absolute atomic E-state index is 14.2. The highest BCUT2D eigenvalue weighted by Crippen LogP contribution is 2.32. The second-order valence-electron chi connectivity index (χ2n) is 4.86. The number of aryl methyl sites for hydroxylation is 1. The SMILES string of the molecule is CCOc1ccc(C)cc1C(NC)c1ccc(Cl)cc1F. The molecule has 2 aromatic rings. The van der Waals surface area contributed by atoms with E-state index < -0.39 is 0 Å². The summed E-state index contributed by atoms with van der Waals surface area (Å²) in [6, 6.07) is 10.4. The van der Waals surface area contributed by atoms with Gasteiger partial charge in [0.1, 0.15) is 11.6 Å². The van der Waals surface area contributed by atoms with Crippen molar-refractivity contribution in [1.82, 2.24) is 5.32 Å². The fourth-order valence-corrected chi connectivity index (χ4v) is 2.55. The molecule has 0 heterocycles. The molecule has 0 fully saturated rings. The lowest BCUT2D eigenvalue weighted by molar-refractivity contribution is 0.333. The Labute approximate surface area is 129 Å². The van der Waals surface area contributed by atoms with Gasteiger partial charge in [-0.05, 0) is 39.1 Å². The molecule has 0 spiro atoms. The number of ether oxygens (including phenoxy) is 1. The molecule has 0 saturated carbocycles. The van der Waals surface area contributed by atoms with Crippen molar-refractivity contribution in [2.45, 2.75) is 19.9 Å². The van der Waals surface area contributed by atoms with Crippen LogP contribution >= 0.6 is 11.6 Å². The molecular formula is C17H19ClFNO. The quantitative estimate of drug-likeness (QED) is 0.878. The lowest BCUT2D eigenvalue weighted by Crippen LogP contribution is -2.20. The van der Waals surface area contributed by atoms with Gasteiger partial charge in [-0.25, -0.2) is 4.39 Å². The predicted molar refractivity (Wildman–Crippen MR) is 84.7 cm³/mol. The summed E-state index contributed by atoms with van der Waals surface area (Å²) in [4.78, 5) is 0. The molecule has 1 atom stereocenters. The zero-order valence-electron chi connectivity index (χ0n) is 12.4. The molecule has 0 radical (unpaired) electrons. The maximum Gasteiger partial charge on any atom is 0.129 e. The summed E-state index contributed by atoms with van der Waals surface area (Å²) in [5.41, 5.74) is 2.57. The molecule has 0 aromatic heterocycles. The first-order valence-corrected chi connectivity index (χ1v) is 7.30. The Morgan fingerprint density at radius 1 is 1.19 bits per heavy atom. The second-order valence-corrected chi connectivity index (χ2v) is 5.30. The number of benzene rings is 2. The van der Waals surface area contributed by atoms with Crippen molar-refractivity contribution in [3.05, 3.63) is 63.9 Å². The summed E-state index contributed by atoms with van der Waals surface area (Å²) in [7, 11) is 1.80. The highest BCUT2D eigenvalue weighted by Gasteiger charge is 2.20. The minimum Gasteiger partial charge on any atom is -0.494 e. The van der Waals surface area contributed by atoms with Gasteiger partial charge in [0.05, 0.1) is 12.6 Å². The fourth-order valence-electron chi connectivity index (χ4n) is 2.39. The van der Waals surface area contributed by atoms with Gasteiger partial charge in [-0.15, -0.1) is 0 Å². The van der Waals surface area contributed by atoms with Crippen molar-refractivity contribution in [2.75, 3.05) is 13.7 Å². The number of rotatable bonds is 5. The van der Waals surface area contributed by atoms with E-state index in [1.54, 1.807) is 19.2 Å². The molecular weight excluding hydrogens is 289 g/mol. The van der Waals surface area contributed by atoms with Crippen LogP contribution in [0.3, 0.4) is 0 Å². The van der Waals surface area contributed by atoms with E-state index in [4.69, 9.17) is 16.3 Å². The van der Waals surface area contributed by atoms with Crippen molar-refractivity contribution in [3.8, 4) is 5.75 Å². The van der Waals surface area contributed by atoms with Gasteiger partial charge in [0, 0.05) is 16.1 Å². The standard InChI is InChI=1S/C17H19ClFNO/c1-4-21-16-8-5-11(2)9-14(16)17(20-3)13-7-6-12(18)10-15(13)19/h5-10,17,20H,4H2,1-3H3. The van der Waals surface area contributed by atoms with Crippen LogP contribution in [-0.2, 0) is 0 Å². The lowest BCUT2D eigenvalue weighted by Gasteiger charge is -2.21. The minimum atomic E-state index is -0.328. The molecule has 2 rings (SSSR count). The maximum atomic E-state index is 14.2. The molecule has 2 nitrogen and oxygen atoms in total. The summed E-state index contributed by atoms with van der Waals surface area (Å²) < 4.78 is 19.9. The molecule has 0 amide bonds. The van der Waals surface area contributed by atoms with Gasteiger partial charge >= 0.3 is 0 Å². The lowest BCUT2D eigenvalue weighted by atomic mass is 9.96. The van der Waals surface area contributed by atoms with Gasteiger partial charge < -0.3 is 10.1 Å². The highest BCUT2D eigenvalue weighted by molar-refractivity contribution is 6.30. The summed E-state index contributed by atoms with van der Waals surface area (Å²) in [6.45, 7) is 4.50. The minimum absolute atomic E-state index is 0.288. The third-order valence-electron chi connectivity index (χ3n) is 3.34. The van der Waals surface area contributed by atoms with E-state index in [9.17, 15) is 4.39 Å². The van der Waals surface area contributed by atoms with Crippen LogP contribution in [0.4, 0.5) is 4.39 Å². The van der Waals surface area contributed by atoms with E-state index in [0.29, 0.717) is 17.2 Å². The Morgan fingerprint density at radius 2 is 1.95 bits per heavy atom. The molecule has 0 saturated heterocycles. The summed E-state index contributed by atoms with van der Waals surface area (Å²) >= 11 is 5.83. The smallest absolute Gasteiger partial charge is 0.129 e. The van der Waals surface area contributed by atoms with Gasteiger partial charge in [0.15, 0.2) is 0 Å². The van der Waals surface area contributed by atoms with Crippen molar-refractivity contribution in [2.24, 2.45) is 0 Å². The Bertz CT molecular complexity index is 630. The Kier molecular flexibility index (Phi) is 5.21. The van der Waals surface area contributed by atoms with Crippen LogP contribution in [0.15, 0.2) is 36.4 Å². The average Bonchev–Trinajstić information content (AvgIpc) is 2.45. The fraction of sp³-hybridized carbons (Fsp3) is 0.294. The summed E-state index contributed by atoms with van der Waals surface area (Å²) in [6.07, 6.45) is 0. The van der Waals surface area contributed by atoms with Crippen LogP contribution in [0.1, 0.15) is 29.7 Å². The van der Waals surface area contributed by atoms with Crippen LogP contribution in [0, 0.1) is 12.7 Å². The molecule has 0 aliphatic heterocycles. The Balaban J connectivity index is 2.52. The van der Waals surface area contributed by atoms with Crippen LogP contribution in [0.2, 0.25) is 5.02 Å². The summed E-state index contributed by atoms with van der Waals surface area (Å²) in [5.74, 6) is 0.433. The molecule has 1 unspecified atom stereocenters. The van der Waals surface area contributed by atoms with Crippen LogP contribution in [0.25, 0.3) is 0 Å². The van der Waals surface area contributed by atoms with Gasteiger partial charge in [-0.2, -0.15) is 0 Å². The predicted octanol–water partition coefficient (Wildman–Crippen LogP) is 4.50. The van der Waals surface area contributed by atoms with E-state index in [0.717, 1.165) is 16.9 Å². The second kappa shape index (κ2) is 6.92. The third-order valence-corrected chi connectivity index (χ3v) is 3.57. The van der Waals surface area contributed by atoms with Crippen LogP contribution in [-0.4, -0.2) is 13.7 Å². The van der Waals surface area contributed by atoms with Crippen molar-refractivity contribution in [3.63, 3.8) is 0 Å². The van der Waals surface area contributed by atoms with E-state index in [1.807, 2.05) is 32.0 Å². The van der Waals surface area contributed by atoms with E-state index in [2.05, 4.69) is 5.32 Å². The van der Waals surface area contributed by atoms with Gasteiger partial charge in [0.2, 0.25) is 0 Å². The molecule has 1 N–H and O–H groups in total. The van der Waals surface area contributed by atoms with Crippen LogP contribution in [0.5, 0.6) is 5.75 Å². The number of halogens is 2. The zero-order valence-corrected chi connectivity index (χ0v) is 13.2. The monoisotopic (exact) mass is 307 g/mol. The van der Waals surface area contributed by atoms with Crippen molar-refractivity contribution >= 4 is 11.6 Å². The molecule has 2 aromatic carbocycles. The molecule has 0 aliphatic rings. The molecule has 21 heavy (non-hydrogen) atoms. The highest BCUT2D eigenvalue weighted by atomic mass is 35.5. The number of hydrogen-bond acceptors (Lipinski definition) is 2. The first-order chi connectivity index (χ1) is 10.1. The normalized spacial score (nSPS) is 12.2. The van der Waals surface area contributed by atoms with E-state index in [1.165, 1.54) is 6.07 Å². The first kappa shape index (κ1) is 15.8.